The molecule has 35 heavy (non-hydrogen) atoms. The number of benzene rings is 1. The number of hydrogen-bond acceptors (Lipinski definition) is 9. The van der Waals surface area contributed by atoms with Crippen LogP contribution in [0.5, 0.6) is 5.88 Å². The molecular weight excluding hydrogens is 464 g/mol. The summed E-state index contributed by atoms with van der Waals surface area (Å²) in [5, 5.41) is 7.67. The molecule has 1 N–H and O–H groups in total. The molecule has 3 heterocycles. The molecule has 1 amide bonds. The average molecular weight is 489 g/mol. The van der Waals surface area contributed by atoms with Gasteiger partial charge in [0.05, 0.1) is 42.0 Å². The molecular formula is C25H24N6O3S. The van der Waals surface area contributed by atoms with Gasteiger partial charge in [-0.1, -0.05) is 29.1 Å². The maximum atomic E-state index is 13.8. The van der Waals surface area contributed by atoms with Crippen LogP contribution in [0.1, 0.15) is 30.4 Å². The lowest BCUT2D eigenvalue weighted by Gasteiger charge is -2.34. The first-order valence-electron chi connectivity index (χ1n) is 11.3. The topological polar surface area (TPSA) is 116 Å². The van der Waals surface area contributed by atoms with Gasteiger partial charge in [-0.15, -0.1) is 0 Å². The van der Waals surface area contributed by atoms with Gasteiger partial charge in [0.25, 0.3) is 0 Å². The van der Waals surface area contributed by atoms with E-state index in [1.165, 1.54) is 11.8 Å². The Hall–Kier alpha value is -3.79. The van der Waals surface area contributed by atoms with Gasteiger partial charge in [-0.2, -0.15) is 0 Å². The zero-order valence-corrected chi connectivity index (χ0v) is 20.2. The first kappa shape index (κ1) is 23.0. The normalized spacial score (nSPS) is 17.0. The summed E-state index contributed by atoms with van der Waals surface area (Å²) in [5.74, 6) is 1.18. The minimum atomic E-state index is -0.859. The number of carbonyl (C=O) groups excluding carboxylic acids is 1. The fourth-order valence-corrected chi connectivity index (χ4v) is 4.65. The van der Waals surface area contributed by atoms with Crippen LogP contribution in [0.2, 0.25) is 0 Å². The number of rotatable bonds is 7. The van der Waals surface area contributed by atoms with Crippen molar-refractivity contribution in [2.75, 3.05) is 18.2 Å². The highest BCUT2D eigenvalue weighted by Crippen LogP contribution is 2.39. The highest BCUT2D eigenvalue weighted by atomic mass is 32.2. The number of ether oxygens (including phenoxy) is 1. The summed E-state index contributed by atoms with van der Waals surface area (Å²) in [6.45, 7) is 2.42. The summed E-state index contributed by atoms with van der Waals surface area (Å²) in [5.41, 5.74) is 3.02. The number of nitrogens with one attached hydrogen (secondary N) is 1. The maximum absolute atomic E-state index is 13.8. The Morgan fingerprint density at radius 1 is 1.17 bits per heavy atom. The molecule has 0 bridgehead atoms. The molecule has 5 rings (SSSR count). The van der Waals surface area contributed by atoms with E-state index >= 15 is 0 Å². The van der Waals surface area contributed by atoms with Crippen molar-refractivity contribution in [2.45, 2.75) is 36.8 Å². The molecule has 1 aliphatic rings. The van der Waals surface area contributed by atoms with Crippen LogP contribution in [0.15, 0.2) is 64.8 Å². The van der Waals surface area contributed by atoms with Crippen LogP contribution in [0.4, 0.5) is 5.69 Å². The van der Waals surface area contributed by atoms with Crippen molar-refractivity contribution in [1.29, 1.82) is 0 Å². The van der Waals surface area contributed by atoms with Crippen molar-refractivity contribution in [3.05, 3.63) is 72.1 Å². The molecule has 9 nitrogen and oxygen atoms in total. The van der Waals surface area contributed by atoms with Crippen molar-refractivity contribution in [2.24, 2.45) is 0 Å². The summed E-state index contributed by atoms with van der Waals surface area (Å²) in [6, 6.07) is 9.34. The Bertz CT molecular complexity index is 1340. The van der Waals surface area contributed by atoms with Crippen molar-refractivity contribution in [3.8, 4) is 17.1 Å². The van der Waals surface area contributed by atoms with Gasteiger partial charge in [0.15, 0.2) is 5.16 Å². The van der Waals surface area contributed by atoms with Gasteiger partial charge in [0.1, 0.15) is 5.76 Å². The predicted octanol–water partition coefficient (Wildman–Crippen LogP) is 4.11. The maximum Gasteiger partial charge on any atom is 0.236 e. The number of aryl methyl sites for hydroxylation is 1. The minimum absolute atomic E-state index is 0.124. The number of carbonyl (C=O) groups is 1. The Balaban J connectivity index is 1.42. The van der Waals surface area contributed by atoms with Crippen LogP contribution in [0.25, 0.3) is 11.3 Å². The summed E-state index contributed by atoms with van der Waals surface area (Å²) in [7, 11) is 0. The van der Waals surface area contributed by atoms with Crippen LogP contribution < -0.4 is 10.1 Å². The molecule has 1 unspecified atom stereocenters. The van der Waals surface area contributed by atoms with E-state index in [9.17, 15) is 4.79 Å². The summed E-state index contributed by atoms with van der Waals surface area (Å²) in [4.78, 5) is 31.5. The third kappa shape index (κ3) is 4.61. The van der Waals surface area contributed by atoms with E-state index in [0.717, 1.165) is 16.9 Å². The van der Waals surface area contributed by atoms with E-state index in [0.29, 0.717) is 54.0 Å². The molecule has 0 fully saturated rings. The van der Waals surface area contributed by atoms with Crippen molar-refractivity contribution < 1.29 is 14.1 Å². The SMILES string of the molecule is CCOc1cncc(-c2ccc(NC(=O)C3(c4ccnc(SC)n4)CCc4oncc4C3)cc2)n1. The molecule has 1 aliphatic carbocycles. The Labute approximate surface area is 206 Å². The Morgan fingerprint density at radius 3 is 2.83 bits per heavy atom. The standard InChI is InChI=1S/C25H24N6O3S/c1-3-33-22-15-26-14-19(30-22)16-4-6-18(7-5-16)29-23(32)25(21-9-11-27-24(31-21)35-2)10-8-20-17(12-25)13-28-34-20/h4-7,9,11,13-15H,3,8,10,12H2,1-2H3,(H,29,32). The molecule has 0 saturated heterocycles. The highest BCUT2D eigenvalue weighted by molar-refractivity contribution is 7.98. The zero-order chi connectivity index (χ0) is 24.3. The zero-order valence-electron chi connectivity index (χ0n) is 19.4. The van der Waals surface area contributed by atoms with E-state index in [-0.39, 0.29) is 5.91 Å². The monoisotopic (exact) mass is 488 g/mol. The lowest BCUT2D eigenvalue weighted by molar-refractivity contribution is -0.122. The van der Waals surface area contributed by atoms with E-state index in [4.69, 9.17) is 14.2 Å². The number of nitrogens with zero attached hydrogens (tertiary/aromatic N) is 5. The van der Waals surface area contributed by atoms with E-state index < -0.39 is 5.41 Å². The summed E-state index contributed by atoms with van der Waals surface area (Å²) >= 11 is 1.45. The van der Waals surface area contributed by atoms with Gasteiger partial charge < -0.3 is 14.6 Å². The molecule has 0 radical (unpaired) electrons. The fourth-order valence-electron chi connectivity index (χ4n) is 4.29. The number of anilines is 1. The Morgan fingerprint density at radius 2 is 2.03 bits per heavy atom. The molecule has 1 aromatic carbocycles. The number of hydrogen-bond donors (Lipinski definition) is 1. The number of fused-ring (bicyclic) bond motifs is 1. The predicted molar refractivity (Wildman–Crippen MR) is 131 cm³/mol. The molecule has 0 spiro atoms. The lowest BCUT2D eigenvalue weighted by atomic mass is 9.70. The van der Waals surface area contributed by atoms with Crippen LogP contribution >= 0.6 is 11.8 Å². The molecule has 0 aliphatic heterocycles. The first-order valence-corrected chi connectivity index (χ1v) is 12.5. The average Bonchev–Trinajstić information content (AvgIpc) is 3.37. The third-order valence-electron chi connectivity index (χ3n) is 6.08. The fraction of sp³-hybridized carbons (Fsp3) is 0.280. The molecule has 3 aromatic heterocycles. The van der Waals surface area contributed by atoms with Crippen molar-refractivity contribution >= 4 is 23.4 Å². The van der Waals surface area contributed by atoms with E-state index in [1.807, 2.05) is 43.5 Å². The molecule has 0 saturated carbocycles. The van der Waals surface area contributed by atoms with Crippen LogP contribution in [0, 0.1) is 0 Å². The van der Waals surface area contributed by atoms with E-state index in [1.54, 1.807) is 24.8 Å². The number of amides is 1. The molecule has 1 atom stereocenters. The minimum Gasteiger partial charge on any atom is -0.477 e. The molecule has 178 valence electrons. The number of thioether (sulfide) groups is 1. The quantitative estimate of drug-likeness (QED) is 0.303. The van der Waals surface area contributed by atoms with Gasteiger partial charge in [-0.05, 0) is 44.2 Å². The second-order valence-electron chi connectivity index (χ2n) is 8.17. The Kier molecular flexibility index (Phi) is 6.45. The van der Waals surface area contributed by atoms with Crippen LogP contribution in [-0.4, -0.2) is 43.9 Å². The van der Waals surface area contributed by atoms with Gasteiger partial charge >= 0.3 is 0 Å². The summed E-state index contributed by atoms with van der Waals surface area (Å²) < 4.78 is 10.8. The van der Waals surface area contributed by atoms with Crippen LogP contribution in [-0.2, 0) is 23.1 Å². The van der Waals surface area contributed by atoms with E-state index in [2.05, 4.69) is 25.4 Å². The van der Waals surface area contributed by atoms with Crippen molar-refractivity contribution in [1.82, 2.24) is 25.1 Å². The second kappa shape index (κ2) is 9.83. The highest BCUT2D eigenvalue weighted by Gasteiger charge is 2.45. The van der Waals surface area contributed by atoms with Crippen molar-refractivity contribution in [3.63, 3.8) is 0 Å². The summed E-state index contributed by atoms with van der Waals surface area (Å²) in [6.07, 6.45) is 10.2. The second-order valence-corrected chi connectivity index (χ2v) is 8.94. The van der Waals surface area contributed by atoms with Gasteiger partial charge in [-0.25, -0.2) is 15.0 Å². The van der Waals surface area contributed by atoms with Crippen LogP contribution in [0.3, 0.4) is 0 Å². The third-order valence-corrected chi connectivity index (χ3v) is 6.65. The largest absolute Gasteiger partial charge is 0.477 e. The lowest BCUT2D eigenvalue weighted by Crippen LogP contribution is -2.45. The number of aromatic nitrogens is 5. The van der Waals surface area contributed by atoms with Gasteiger partial charge in [0.2, 0.25) is 11.8 Å². The molecule has 10 heteroatoms. The molecule has 4 aromatic rings. The van der Waals surface area contributed by atoms with Gasteiger partial charge in [-0.3, -0.25) is 9.78 Å². The first-order chi connectivity index (χ1) is 17.1. The smallest absolute Gasteiger partial charge is 0.236 e. The van der Waals surface area contributed by atoms with Gasteiger partial charge in [0, 0.05) is 29.4 Å².